The lowest BCUT2D eigenvalue weighted by Crippen LogP contribution is -2.31. The molecule has 22 heavy (non-hydrogen) atoms. The van der Waals surface area contributed by atoms with Crippen molar-refractivity contribution in [1.82, 2.24) is 4.90 Å². The summed E-state index contributed by atoms with van der Waals surface area (Å²) in [5.41, 5.74) is 3.81. The maximum absolute atomic E-state index is 6.23. The van der Waals surface area contributed by atoms with Crippen LogP contribution in [-0.2, 0) is 0 Å². The summed E-state index contributed by atoms with van der Waals surface area (Å²) < 4.78 is 6.23. The predicted octanol–water partition coefficient (Wildman–Crippen LogP) is 3.98. The van der Waals surface area contributed by atoms with Gasteiger partial charge in [-0.2, -0.15) is 0 Å². The highest BCUT2D eigenvalue weighted by molar-refractivity contribution is 5.66. The van der Waals surface area contributed by atoms with E-state index in [2.05, 4.69) is 73.3 Å². The molecule has 0 spiro atoms. The van der Waals surface area contributed by atoms with E-state index in [1.54, 1.807) is 0 Å². The van der Waals surface area contributed by atoms with Gasteiger partial charge in [0.1, 0.15) is 5.75 Å². The van der Waals surface area contributed by atoms with E-state index in [4.69, 9.17) is 4.74 Å². The summed E-state index contributed by atoms with van der Waals surface area (Å²) in [5, 5.41) is 0. The van der Waals surface area contributed by atoms with Crippen LogP contribution in [0.1, 0.15) is 23.6 Å². The van der Waals surface area contributed by atoms with E-state index < -0.39 is 0 Å². The van der Waals surface area contributed by atoms with Crippen LogP contribution < -0.4 is 9.64 Å². The van der Waals surface area contributed by atoms with Gasteiger partial charge in [-0.15, -0.1) is 0 Å². The average molecular weight is 294 g/mol. The van der Waals surface area contributed by atoms with E-state index in [1.165, 1.54) is 16.8 Å². The third-order valence-electron chi connectivity index (χ3n) is 4.93. The Hall–Kier alpha value is -2.00. The zero-order valence-corrected chi connectivity index (χ0v) is 13.4. The third kappa shape index (κ3) is 2.08. The van der Waals surface area contributed by atoms with E-state index in [1.807, 2.05) is 0 Å². The zero-order chi connectivity index (χ0) is 15.3. The lowest BCUT2D eigenvalue weighted by atomic mass is 10.0. The smallest absolute Gasteiger partial charge is 0.150 e. The number of rotatable bonds is 1. The molecule has 2 aliphatic heterocycles. The second kappa shape index (κ2) is 5.03. The van der Waals surface area contributed by atoms with E-state index in [0.717, 1.165) is 24.5 Å². The van der Waals surface area contributed by atoms with Crippen molar-refractivity contribution in [3.05, 3.63) is 53.6 Å². The zero-order valence-electron chi connectivity index (χ0n) is 13.4. The van der Waals surface area contributed by atoms with E-state index >= 15 is 0 Å². The number of benzene rings is 2. The summed E-state index contributed by atoms with van der Waals surface area (Å²) in [6.07, 6.45) is 1.14. The minimum atomic E-state index is 0.395. The number of hydrogen-bond acceptors (Lipinski definition) is 3. The molecule has 2 heterocycles. The minimum absolute atomic E-state index is 0.395. The topological polar surface area (TPSA) is 15.7 Å². The molecule has 1 saturated heterocycles. The van der Waals surface area contributed by atoms with Crippen molar-refractivity contribution in [2.45, 2.75) is 25.4 Å². The molecule has 0 amide bonds. The Labute approximate surface area is 132 Å². The molecule has 2 unspecified atom stereocenters. The molecule has 0 radical (unpaired) electrons. The van der Waals surface area contributed by atoms with Gasteiger partial charge in [0, 0.05) is 18.2 Å². The molecule has 0 aliphatic carbocycles. The fourth-order valence-corrected chi connectivity index (χ4v) is 3.65. The Kier molecular flexibility index (Phi) is 3.12. The maximum atomic E-state index is 6.23. The van der Waals surface area contributed by atoms with Crippen molar-refractivity contribution in [3.8, 4) is 11.5 Å². The number of aryl methyl sites for hydroxylation is 1. The van der Waals surface area contributed by atoms with Crippen molar-refractivity contribution >= 4 is 5.69 Å². The number of hydrogen-bond donors (Lipinski definition) is 0. The molecule has 4 rings (SSSR count). The largest absolute Gasteiger partial charge is 0.455 e. The SMILES string of the molecule is Cc1ccc2c(c1)N1CC(N(C)C)CC1c1ccccc1O2. The van der Waals surface area contributed by atoms with Crippen LogP contribution in [-0.4, -0.2) is 31.6 Å². The summed E-state index contributed by atoms with van der Waals surface area (Å²) in [6, 6.07) is 15.9. The van der Waals surface area contributed by atoms with Crippen LogP contribution in [0.2, 0.25) is 0 Å². The van der Waals surface area contributed by atoms with Crippen LogP contribution in [0.4, 0.5) is 5.69 Å². The van der Waals surface area contributed by atoms with Gasteiger partial charge in [-0.05, 0) is 51.2 Å². The summed E-state index contributed by atoms with van der Waals surface area (Å²) in [5.74, 6) is 1.97. The average Bonchev–Trinajstić information content (AvgIpc) is 2.90. The van der Waals surface area contributed by atoms with Gasteiger partial charge < -0.3 is 14.5 Å². The second-order valence-corrected chi connectivity index (χ2v) is 6.63. The van der Waals surface area contributed by atoms with Crippen molar-refractivity contribution in [1.29, 1.82) is 0 Å². The Balaban J connectivity index is 1.88. The number of fused-ring (bicyclic) bond motifs is 5. The molecule has 1 fully saturated rings. The van der Waals surface area contributed by atoms with Crippen LogP contribution in [0, 0.1) is 6.92 Å². The lowest BCUT2D eigenvalue weighted by Gasteiger charge is -2.26. The fraction of sp³-hybridized carbons (Fsp3) is 0.368. The molecule has 3 nitrogen and oxygen atoms in total. The van der Waals surface area contributed by atoms with Gasteiger partial charge in [0.15, 0.2) is 5.75 Å². The molecule has 2 atom stereocenters. The summed E-state index contributed by atoms with van der Waals surface area (Å²) in [4.78, 5) is 4.87. The van der Waals surface area contributed by atoms with Gasteiger partial charge in [-0.1, -0.05) is 24.3 Å². The Morgan fingerprint density at radius 1 is 1.09 bits per heavy atom. The van der Waals surface area contributed by atoms with E-state index in [9.17, 15) is 0 Å². The van der Waals surface area contributed by atoms with Gasteiger partial charge in [-0.3, -0.25) is 0 Å². The molecule has 114 valence electrons. The molecule has 0 aromatic heterocycles. The molecule has 2 aromatic carbocycles. The first-order chi connectivity index (χ1) is 10.6. The molecule has 3 heteroatoms. The highest BCUT2D eigenvalue weighted by atomic mass is 16.5. The molecule has 0 saturated carbocycles. The molecule has 0 N–H and O–H groups in total. The maximum Gasteiger partial charge on any atom is 0.150 e. The molecule has 2 aliphatic rings. The summed E-state index contributed by atoms with van der Waals surface area (Å²) >= 11 is 0. The predicted molar refractivity (Wildman–Crippen MR) is 89.9 cm³/mol. The highest BCUT2D eigenvalue weighted by Crippen LogP contribution is 2.48. The quantitative estimate of drug-likeness (QED) is 0.791. The molecule has 0 bridgehead atoms. The number of para-hydroxylation sites is 1. The van der Waals surface area contributed by atoms with Crippen LogP contribution in [0.3, 0.4) is 0 Å². The summed E-state index contributed by atoms with van der Waals surface area (Å²) in [6.45, 7) is 3.19. The van der Waals surface area contributed by atoms with E-state index in [0.29, 0.717) is 12.1 Å². The first-order valence-electron chi connectivity index (χ1n) is 7.94. The molecule has 2 aromatic rings. The van der Waals surface area contributed by atoms with Crippen LogP contribution >= 0.6 is 0 Å². The molecular formula is C19H22N2O. The second-order valence-electron chi connectivity index (χ2n) is 6.63. The number of likely N-dealkylation sites (N-methyl/N-ethyl adjacent to an activating group) is 1. The van der Waals surface area contributed by atoms with Gasteiger partial charge in [-0.25, -0.2) is 0 Å². The van der Waals surface area contributed by atoms with Gasteiger partial charge >= 0.3 is 0 Å². The standard InChI is InChI=1S/C19H22N2O/c1-13-8-9-19-17(10-13)21-12-14(20(2)3)11-16(21)15-6-4-5-7-18(15)22-19/h4-10,14,16H,11-12H2,1-3H3. The number of ether oxygens (including phenoxy) is 1. The van der Waals surface area contributed by atoms with Crippen molar-refractivity contribution in [2.24, 2.45) is 0 Å². The fourth-order valence-electron chi connectivity index (χ4n) is 3.65. The normalized spacial score (nSPS) is 22.6. The first kappa shape index (κ1) is 13.6. The van der Waals surface area contributed by atoms with Crippen molar-refractivity contribution < 1.29 is 4.74 Å². The van der Waals surface area contributed by atoms with Crippen LogP contribution in [0.15, 0.2) is 42.5 Å². The van der Waals surface area contributed by atoms with Gasteiger partial charge in [0.05, 0.1) is 11.7 Å². The third-order valence-corrected chi connectivity index (χ3v) is 4.93. The van der Waals surface area contributed by atoms with Crippen LogP contribution in [0.5, 0.6) is 11.5 Å². The Morgan fingerprint density at radius 3 is 2.73 bits per heavy atom. The first-order valence-corrected chi connectivity index (χ1v) is 7.94. The van der Waals surface area contributed by atoms with Gasteiger partial charge in [0.25, 0.3) is 0 Å². The molecular weight excluding hydrogens is 272 g/mol. The van der Waals surface area contributed by atoms with Crippen molar-refractivity contribution in [2.75, 3.05) is 25.5 Å². The van der Waals surface area contributed by atoms with Crippen LogP contribution in [0.25, 0.3) is 0 Å². The Bertz CT molecular complexity index is 710. The van der Waals surface area contributed by atoms with Crippen molar-refractivity contribution in [3.63, 3.8) is 0 Å². The minimum Gasteiger partial charge on any atom is -0.455 e. The number of nitrogens with zero attached hydrogens (tertiary/aromatic N) is 2. The number of anilines is 1. The Morgan fingerprint density at radius 2 is 1.91 bits per heavy atom. The summed E-state index contributed by atoms with van der Waals surface area (Å²) in [7, 11) is 4.35. The lowest BCUT2D eigenvalue weighted by molar-refractivity contribution is 0.309. The monoisotopic (exact) mass is 294 g/mol. The van der Waals surface area contributed by atoms with E-state index in [-0.39, 0.29) is 0 Å². The highest BCUT2D eigenvalue weighted by Gasteiger charge is 2.38. The van der Waals surface area contributed by atoms with Gasteiger partial charge in [0.2, 0.25) is 0 Å².